The molecule has 2 heteroatoms. The van der Waals surface area contributed by atoms with Gasteiger partial charge in [-0.2, -0.15) is 0 Å². The minimum absolute atomic E-state index is 0.608. The van der Waals surface area contributed by atoms with E-state index in [4.69, 9.17) is 0 Å². The van der Waals surface area contributed by atoms with E-state index in [0.29, 0.717) is 0 Å². The summed E-state index contributed by atoms with van der Waals surface area (Å²) in [6, 6.07) is 29.7. The minimum Gasteiger partial charge on any atom is -0.0900 e. The van der Waals surface area contributed by atoms with Crippen molar-refractivity contribution in [2.24, 2.45) is 0 Å². The number of hydrogen-bond donors (Lipinski definition) is 0. The van der Waals surface area contributed by atoms with Gasteiger partial charge in [-0.05, 0) is 41.5 Å². The van der Waals surface area contributed by atoms with Crippen molar-refractivity contribution in [1.29, 1.82) is 0 Å². The van der Waals surface area contributed by atoms with Gasteiger partial charge in [0.15, 0.2) is 0 Å². The second kappa shape index (κ2) is 7.05. The first-order chi connectivity index (χ1) is 10.8. The second-order valence-corrected chi connectivity index (χ2v) is 8.12. The SMILES string of the molecule is C=C(c1ccc(Br)cc1)P(c1ccccc1)c1ccccc1. The predicted octanol–water partition coefficient (Wildman–Crippen LogP) is 5.55. The Kier molecular flexibility index (Phi) is 4.87. The molecule has 3 aromatic rings. The lowest BCUT2D eigenvalue weighted by Gasteiger charge is -2.21. The smallest absolute Gasteiger partial charge is 0.0175 e. The summed E-state index contributed by atoms with van der Waals surface area (Å²) in [4.78, 5) is 0. The van der Waals surface area contributed by atoms with E-state index in [9.17, 15) is 0 Å². The average Bonchev–Trinajstić information content (AvgIpc) is 2.57. The molecule has 0 aromatic heterocycles. The lowest BCUT2D eigenvalue weighted by molar-refractivity contribution is 1.61. The number of benzene rings is 3. The highest BCUT2D eigenvalue weighted by atomic mass is 79.9. The maximum absolute atomic E-state index is 4.42. The van der Waals surface area contributed by atoms with Gasteiger partial charge < -0.3 is 0 Å². The maximum atomic E-state index is 4.42. The van der Waals surface area contributed by atoms with Crippen molar-refractivity contribution in [3.63, 3.8) is 0 Å². The molecule has 0 saturated heterocycles. The van der Waals surface area contributed by atoms with Crippen LogP contribution >= 0.6 is 23.9 Å². The molecule has 0 heterocycles. The van der Waals surface area contributed by atoms with E-state index in [2.05, 4.69) is 107 Å². The molecule has 0 saturated carbocycles. The molecule has 0 atom stereocenters. The van der Waals surface area contributed by atoms with E-state index in [0.717, 1.165) is 4.47 Å². The Bertz CT molecular complexity index is 709. The zero-order chi connectivity index (χ0) is 15.4. The Morgan fingerprint density at radius 1 is 0.682 bits per heavy atom. The molecule has 0 fully saturated rings. The fourth-order valence-electron chi connectivity index (χ4n) is 2.39. The Hall–Kier alpha value is -1.69. The first-order valence-electron chi connectivity index (χ1n) is 7.11. The van der Waals surface area contributed by atoms with Crippen molar-refractivity contribution in [3.05, 3.63) is 102 Å². The third-order valence-electron chi connectivity index (χ3n) is 3.48. The summed E-state index contributed by atoms with van der Waals surface area (Å²) in [6.07, 6.45) is 0. The molecule has 0 unspecified atom stereocenters. The highest BCUT2D eigenvalue weighted by Crippen LogP contribution is 2.47. The molecule has 0 aliphatic carbocycles. The van der Waals surface area contributed by atoms with E-state index in [1.54, 1.807) is 0 Å². The summed E-state index contributed by atoms with van der Waals surface area (Å²) in [5, 5.41) is 3.84. The molecule has 3 rings (SSSR count). The van der Waals surface area contributed by atoms with Gasteiger partial charge in [0.1, 0.15) is 0 Å². The van der Waals surface area contributed by atoms with Crippen molar-refractivity contribution in [2.45, 2.75) is 0 Å². The minimum atomic E-state index is -0.608. The molecule has 0 nitrogen and oxygen atoms in total. The van der Waals surface area contributed by atoms with Crippen molar-refractivity contribution >= 4 is 39.8 Å². The average molecular weight is 367 g/mol. The molecule has 22 heavy (non-hydrogen) atoms. The van der Waals surface area contributed by atoms with Crippen molar-refractivity contribution < 1.29 is 0 Å². The van der Waals surface area contributed by atoms with Gasteiger partial charge in [-0.15, -0.1) is 0 Å². The summed E-state index contributed by atoms with van der Waals surface area (Å²) in [7, 11) is -0.608. The first-order valence-corrected chi connectivity index (χ1v) is 9.24. The summed E-state index contributed by atoms with van der Waals surface area (Å²) in [5.74, 6) is 0. The molecule has 0 aliphatic heterocycles. The second-order valence-electron chi connectivity index (χ2n) is 4.96. The van der Waals surface area contributed by atoms with Crippen molar-refractivity contribution in [1.82, 2.24) is 0 Å². The number of hydrogen-bond acceptors (Lipinski definition) is 0. The number of rotatable bonds is 4. The quantitative estimate of drug-likeness (QED) is 0.530. The van der Waals surface area contributed by atoms with Crippen LogP contribution in [0, 0.1) is 0 Å². The largest absolute Gasteiger partial charge is 0.0900 e. The van der Waals surface area contributed by atoms with Crippen molar-refractivity contribution in [3.8, 4) is 0 Å². The van der Waals surface area contributed by atoms with Crippen LogP contribution in [0.5, 0.6) is 0 Å². The van der Waals surface area contributed by atoms with Crippen LogP contribution < -0.4 is 10.6 Å². The molecular weight excluding hydrogens is 351 g/mol. The molecule has 0 radical (unpaired) electrons. The Morgan fingerprint density at radius 3 is 1.59 bits per heavy atom. The molecule has 3 aromatic carbocycles. The van der Waals surface area contributed by atoms with E-state index in [1.807, 2.05) is 0 Å². The molecule has 0 bridgehead atoms. The van der Waals surface area contributed by atoms with E-state index < -0.39 is 7.92 Å². The Morgan fingerprint density at radius 2 is 1.14 bits per heavy atom. The molecule has 0 N–H and O–H groups in total. The highest BCUT2D eigenvalue weighted by molar-refractivity contribution is 9.10. The topological polar surface area (TPSA) is 0 Å². The normalized spacial score (nSPS) is 10.6. The summed E-state index contributed by atoms with van der Waals surface area (Å²) < 4.78 is 1.09. The van der Waals surface area contributed by atoms with Crippen molar-refractivity contribution in [2.75, 3.05) is 0 Å². The fourth-order valence-corrected chi connectivity index (χ4v) is 4.92. The molecule has 0 spiro atoms. The van der Waals surface area contributed by atoms with Gasteiger partial charge >= 0.3 is 0 Å². The number of halogens is 1. The van der Waals surface area contributed by atoms with Crippen LogP contribution in [-0.4, -0.2) is 0 Å². The van der Waals surface area contributed by atoms with E-state index >= 15 is 0 Å². The first kappa shape index (κ1) is 15.2. The van der Waals surface area contributed by atoms with Gasteiger partial charge in [-0.25, -0.2) is 0 Å². The molecule has 108 valence electrons. The van der Waals surface area contributed by atoms with Crippen LogP contribution in [0.2, 0.25) is 0 Å². The van der Waals surface area contributed by atoms with Gasteiger partial charge in [0.05, 0.1) is 0 Å². The van der Waals surface area contributed by atoms with Crippen LogP contribution in [0.3, 0.4) is 0 Å². The van der Waals surface area contributed by atoms with Gasteiger partial charge in [0.2, 0.25) is 0 Å². The van der Waals surface area contributed by atoms with Gasteiger partial charge in [0.25, 0.3) is 0 Å². The van der Waals surface area contributed by atoms with E-state index in [-0.39, 0.29) is 0 Å². The molecule has 0 aliphatic rings. The zero-order valence-corrected chi connectivity index (χ0v) is 14.6. The third-order valence-corrected chi connectivity index (χ3v) is 6.43. The molecule has 0 amide bonds. The van der Waals surface area contributed by atoms with Crippen LogP contribution in [0.1, 0.15) is 5.56 Å². The lowest BCUT2D eigenvalue weighted by Crippen LogP contribution is -2.12. The van der Waals surface area contributed by atoms with Gasteiger partial charge in [0, 0.05) is 4.47 Å². The summed E-state index contributed by atoms with van der Waals surface area (Å²) in [5.41, 5.74) is 1.20. The monoisotopic (exact) mass is 366 g/mol. The summed E-state index contributed by atoms with van der Waals surface area (Å²) in [6.45, 7) is 4.42. The maximum Gasteiger partial charge on any atom is 0.0175 e. The van der Waals surface area contributed by atoms with Crippen LogP contribution in [-0.2, 0) is 0 Å². The Labute approximate surface area is 141 Å². The molecular formula is C20H16BrP. The summed E-state index contributed by atoms with van der Waals surface area (Å²) >= 11 is 3.50. The van der Waals surface area contributed by atoms with Crippen LogP contribution in [0.15, 0.2) is 96.0 Å². The Balaban J connectivity index is 2.06. The highest BCUT2D eigenvalue weighted by Gasteiger charge is 2.18. The van der Waals surface area contributed by atoms with Gasteiger partial charge in [-0.1, -0.05) is 95.3 Å². The standard InChI is InChI=1S/C20H16BrP/c1-16(17-12-14-18(21)15-13-17)22(19-8-4-2-5-9-19)20-10-6-3-7-11-20/h2-15H,1H2. The zero-order valence-electron chi connectivity index (χ0n) is 12.1. The van der Waals surface area contributed by atoms with Crippen LogP contribution in [0.4, 0.5) is 0 Å². The predicted molar refractivity (Wildman–Crippen MR) is 102 cm³/mol. The third kappa shape index (κ3) is 3.38. The fraction of sp³-hybridized carbons (Fsp3) is 0. The van der Waals surface area contributed by atoms with E-state index in [1.165, 1.54) is 21.5 Å². The van der Waals surface area contributed by atoms with Crippen LogP contribution in [0.25, 0.3) is 5.31 Å². The van der Waals surface area contributed by atoms with Gasteiger partial charge in [-0.3, -0.25) is 0 Å². The lowest BCUT2D eigenvalue weighted by atomic mass is 10.2.